The largest absolute Gasteiger partial charge is 0.414 e. The molecule has 2 heteroatoms. The molecule has 1 nitrogen and oxygen atoms in total. The summed E-state index contributed by atoms with van der Waals surface area (Å²) in [6, 6.07) is 0. The lowest BCUT2D eigenvalue weighted by molar-refractivity contribution is -0.0687. The molecule has 0 saturated carbocycles. The number of hydrogen-bond donors (Lipinski definition) is 0. The van der Waals surface area contributed by atoms with E-state index in [-0.39, 0.29) is 16.4 Å². The Balaban J connectivity index is 3.25. The Morgan fingerprint density at radius 1 is 1.11 bits per heavy atom. The van der Waals surface area contributed by atoms with Crippen molar-refractivity contribution in [2.24, 2.45) is 10.8 Å². The van der Waals surface area contributed by atoms with Crippen LogP contribution in [0.25, 0.3) is 0 Å². The van der Waals surface area contributed by atoms with E-state index < -0.39 is 9.04 Å². The monoisotopic (exact) mass is 268 g/mol. The number of rotatable bonds is 2. The molecule has 0 radical (unpaired) electrons. The van der Waals surface area contributed by atoms with Gasteiger partial charge in [0.15, 0.2) is 9.04 Å². The topological polar surface area (TPSA) is 9.23 Å². The molecule has 0 saturated heterocycles. The van der Waals surface area contributed by atoms with E-state index in [4.69, 9.17) is 4.43 Å². The van der Waals surface area contributed by atoms with Crippen molar-refractivity contribution in [2.45, 2.75) is 80.0 Å². The maximum atomic E-state index is 6.60. The van der Waals surface area contributed by atoms with Crippen LogP contribution in [0.3, 0.4) is 0 Å². The van der Waals surface area contributed by atoms with Crippen molar-refractivity contribution in [2.75, 3.05) is 0 Å². The van der Waals surface area contributed by atoms with Gasteiger partial charge < -0.3 is 4.43 Å². The molecule has 0 heterocycles. The van der Waals surface area contributed by atoms with Crippen LogP contribution in [-0.2, 0) is 4.43 Å². The minimum absolute atomic E-state index is 0.0283. The van der Waals surface area contributed by atoms with Crippen molar-refractivity contribution in [1.29, 1.82) is 0 Å². The third kappa shape index (κ3) is 2.90. The van der Waals surface area contributed by atoms with E-state index in [9.17, 15) is 0 Å². The second kappa shape index (κ2) is 4.79. The minimum Gasteiger partial charge on any atom is -0.414 e. The molecule has 1 atom stereocenters. The van der Waals surface area contributed by atoms with Gasteiger partial charge in [0.25, 0.3) is 0 Å². The summed E-state index contributed by atoms with van der Waals surface area (Å²) in [5.74, 6) is 0. The van der Waals surface area contributed by atoms with Gasteiger partial charge in [0.05, 0.1) is 5.60 Å². The van der Waals surface area contributed by atoms with Gasteiger partial charge in [-0.25, -0.2) is 0 Å². The van der Waals surface area contributed by atoms with Crippen molar-refractivity contribution >= 4 is 9.04 Å². The van der Waals surface area contributed by atoms with Crippen LogP contribution in [0.1, 0.15) is 61.3 Å². The molecule has 18 heavy (non-hydrogen) atoms. The average molecular weight is 269 g/mol. The predicted molar refractivity (Wildman–Crippen MR) is 83.5 cm³/mol. The lowest BCUT2D eigenvalue weighted by atomic mass is 9.59. The van der Waals surface area contributed by atoms with Crippen LogP contribution in [0.4, 0.5) is 0 Å². The van der Waals surface area contributed by atoms with E-state index in [0.717, 1.165) is 12.8 Å². The Bertz CT molecular complexity index is 347. The minimum atomic E-state index is -1.04. The van der Waals surface area contributed by atoms with E-state index in [2.05, 4.69) is 61.6 Å². The summed E-state index contributed by atoms with van der Waals surface area (Å²) >= 11 is 0. The summed E-state index contributed by atoms with van der Waals surface area (Å²) < 4.78 is 6.60. The molecule has 106 valence electrons. The predicted octanol–water partition coefficient (Wildman–Crippen LogP) is 4.93. The van der Waals surface area contributed by atoms with Crippen LogP contribution in [0, 0.1) is 10.8 Å². The first-order valence-corrected chi connectivity index (χ1v) is 10.0. The molecule has 0 aromatic rings. The van der Waals surface area contributed by atoms with Gasteiger partial charge in [0.1, 0.15) is 0 Å². The lowest BCUT2D eigenvalue weighted by Gasteiger charge is -2.54. The summed E-state index contributed by atoms with van der Waals surface area (Å²) in [4.78, 5) is 0. The van der Waals surface area contributed by atoms with Crippen LogP contribution in [0.15, 0.2) is 11.1 Å². The second-order valence-electron chi connectivity index (χ2n) is 8.05. The quantitative estimate of drug-likeness (QED) is 0.510. The van der Waals surface area contributed by atoms with E-state index >= 15 is 0 Å². The molecule has 1 rings (SSSR count). The van der Waals surface area contributed by atoms with Crippen molar-refractivity contribution in [3.63, 3.8) is 0 Å². The fourth-order valence-electron chi connectivity index (χ4n) is 3.29. The summed E-state index contributed by atoms with van der Waals surface area (Å²) in [7, 11) is -1.04. The summed E-state index contributed by atoms with van der Waals surface area (Å²) in [5.41, 5.74) is 3.59. The van der Waals surface area contributed by atoms with Gasteiger partial charge in [0, 0.05) is 0 Å². The maximum absolute atomic E-state index is 6.60. The molecule has 0 N–H and O–H groups in total. The zero-order chi connectivity index (χ0) is 14.4. The van der Waals surface area contributed by atoms with E-state index in [0.29, 0.717) is 0 Å². The molecule has 0 unspecified atom stereocenters. The first kappa shape index (κ1) is 16.0. The van der Waals surface area contributed by atoms with Gasteiger partial charge in [0.2, 0.25) is 0 Å². The molecule has 0 spiro atoms. The van der Waals surface area contributed by atoms with E-state index in [1.54, 1.807) is 5.57 Å². The Morgan fingerprint density at radius 3 is 1.94 bits per heavy atom. The molecule has 0 aliphatic heterocycles. The number of allylic oxidation sites excluding steroid dienone is 1. The standard InChI is InChI=1S/C16H32OSi/c1-12-10-16(14(3,4)5,17-18(8)9)11-15(6,7)13(12)2/h18H,10-11H2,1-9H3/t16-/m0/s1. The SMILES string of the molecule is CC1=C(C)C(C)(C)C[C@](O[SiH](C)C)(C(C)(C)C)C1. The van der Waals surface area contributed by atoms with Crippen molar-refractivity contribution < 1.29 is 4.43 Å². The summed E-state index contributed by atoms with van der Waals surface area (Å²) in [5, 5.41) is 0. The molecule has 0 aromatic heterocycles. The molecule has 1 aliphatic carbocycles. The van der Waals surface area contributed by atoms with Gasteiger partial charge in [-0.15, -0.1) is 0 Å². The highest BCUT2D eigenvalue weighted by Gasteiger charge is 2.49. The second-order valence-corrected chi connectivity index (χ2v) is 10.4. The maximum Gasteiger partial charge on any atom is 0.171 e. The summed E-state index contributed by atoms with van der Waals surface area (Å²) in [6.07, 6.45) is 2.26. The van der Waals surface area contributed by atoms with Gasteiger partial charge in [-0.2, -0.15) is 0 Å². The Kier molecular flexibility index (Phi) is 4.25. The first-order valence-electron chi connectivity index (χ1n) is 7.26. The Morgan fingerprint density at radius 2 is 1.61 bits per heavy atom. The van der Waals surface area contributed by atoms with Crippen molar-refractivity contribution in [1.82, 2.24) is 0 Å². The van der Waals surface area contributed by atoms with Crippen LogP contribution in [-0.4, -0.2) is 14.6 Å². The number of hydrogen-bond acceptors (Lipinski definition) is 1. The fraction of sp³-hybridized carbons (Fsp3) is 0.875. The van der Waals surface area contributed by atoms with Crippen molar-refractivity contribution in [3.05, 3.63) is 11.1 Å². The van der Waals surface area contributed by atoms with Crippen molar-refractivity contribution in [3.8, 4) is 0 Å². The highest BCUT2D eigenvalue weighted by atomic mass is 28.3. The van der Waals surface area contributed by atoms with E-state index in [1.165, 1.54) is 5.57 Å². The third-order valence-electron chi connectivity index (χ3n) is 4.76. The molecule has 0 aromatic carbocycles. The third-order valence-corrected chi connectivity index (χ3v) is 5.68. The first-order chi connectivity index (χ1) is 7.91. The van der Waals surface area contributed by atoms with Crippen LogP contribution in [0.5, 0.6) is 0 Å². The Hall–Kier alpha value is -0.0831. The lowest BCUT2D eigenvalue weighted by Crippen LogP contribution is -2.53. The zero-order valence-electron chi connectivity index (χ0n) is 13.9. The van der Waals surface area contributed by atoms with Gasteiger partial charge in [-0.05, 0) is 50.6 Å². The molecule has 1 aliphatic rings. The fourth-order valence-corrected chi connectivity index (χ4v) is 4.71. The van der Waals surface area contributed by atoms with E-state index in [1.807, 2.05) is 0 Å². The summed E-state index contributed by atoms with van der Waals surface area (Å²) in [6.45, 7) is 20.9. The molecule has 0 bridgehead atoms. The molecular formula is C16H32OSi. The van der Waals surface area contributed by atoms with Crippen LogP contribution < -0.4 is 0 Å². The van der Waals surface area contributed by atoms with Crippen LogP contribution in [0.2, 0.25) is 13.1 Å². The average Bonchev–Trinajstić information content (AvgIpc) is 2.10. The zero-order valence-corrected chi connectivity index (χ0v) is 15.1. The highest BCUT2D eigenvalue weighted by molar-refractivity contribution is 6.48. The molecule has 0 amide bonds. The smallest absolute Gasteiger partial charge is 0.171 e. The molecule has 0 fully saturated rings. The van der Waals surface area contributed by atoms with Gasteiger partial charge >= 0.3 is 0 Å². The normalized spacial score (nSPS) is 29.0. The highest BCUT2D eigenvalue weighted by Crippen LogP contribution is 2.53. The Labute approximate surface area is 116 Å². The van der Waals surface area contributed by atoms with Gasteiger partial charge in [-0.3, -0.25) is 0 Å². The van der Waals surface area contributed by atoms with Crippen LogP contribution >= 0.6 is 0 Å². The van der Waals surface area contributed by atoms with Gasteiger partial charge in [-0.1, -0.05) is 45.8 Å². The molecular weight excluding hydrogens is 236 g/mol.